The molecule has 0 saturated heterocycles. The molecule has 4 nitrogen and oxygen atoms in total. The summed E-state index contributed by atoms with van der Waals surface area (Å²) in [5.74, 6) is 0.242. The van der Waals surface area contributed by atoms with Gasteiger partial charge in [-0.25, -0.2) is 8.42 Å². The van der Waals surface area contributed by atoms with Crippen LogP contribution in [0.1, 0.15) is 43.9 Å². The molecule has 1 aliphatic rings. The van der Waals surface area contributed by atoms with Crippen LogP contribution in [0.2, 0.25) is 0 Å². The minimum atomic E-state index is -4.72. The second-order valence-corrected chi connectivity index (χ2v) is 9.48. The average molecular weight is 388 g/mol. The van der Waals surface area contributed by atoms with E-state index in [4.69, 9.17) is 0 Å². The molecule has 1 aromatic carbocycles. The van der Waals surface area contributed by atoms with E-state index in [2.05, 4.69) is 0 Å². The van der Waals surface area contributed by atoms with E-state index in [1.54, 1.807) is 16.7 Å². The molecule has 1 heterocycles. The fourth-order valence-corrected chi connectivity index (χ4v) is 4.69. The van der Waals surface area contributed by atoms with Crippen LogP contribution in [0.5, 0.6) is 0 Å². The van der Waals surface area contributed by atoms with Gasteiger partial charge in [0.1, 0.15) is 6.04 Å². The summed E-state index contributed by atoms with van der Waals surface area (Å²) in [5.41, 5.74) is 1.58. The summed E-state index contributed by atoms with van der Waals surface area (Å²) in [4.78, 5) is 0. The lowest BCUT2D eigenvalue weighted by molar-refractivity contribution is -0.152. The van der Waals surface area contributed by atoms with Crippen molar-refractivity contribution in [3.63, 3.8) is 0 Å². The zero-order valence-corrected chi connectivity index (χ0v) is 15.8. The van der Waals surface area contributed by atoms with E-state index in [1.165, 1.54) is 6.20 Å². The molecule has 144 valence electrons. The number of hydrogen-bond donors (Lipinski definition) is 1. The van der Waals surface area contributed by atoms with Gasteiger partial charge in [-0.2, -0.15) is 17.9 Å². The van der Waals surface area contributed by atoms with Crippen LogP contribution in [0.3, 0.4) is 0 Å². The Labute approximate surface area is 151 Å². The summed E-state index contributed by atoms with van der Waals surface area (Å²) in [7, 11) is -3.99. The van der Waals surface area contributed by atoms with Gasteiger partial charge in [-0.05, 0) is 37.3 Å². The maximum atomic E-state index is 13.8. The van der Waals surface area contributed by atoms with Gasteiger partial charge in [-0.3, -0.25) is 0 Å². The maximum absolute atomic E-state index is 13.8. The molecule has 1 aliphatic carbocycles. The van der Waals surface area contributed by atoms with Crippen LogP contribution in [-0.4, -0.2) is 24.4 Å². The number of alkyl halides is 3. The van der Waals surface area contributed by atoms with Gasteiger partial charge in [0.05, 0.1) is 5.25 Å². The zero-order chi connectivity index (χ0) is 19.3. The lowest BCUT2D eigenvalue weighted by atomic mass is 10.1. The molecule has 1 N–H and O–H groups in total. The van der Waals surface area contributed by atoms with Gasteiger partial charge in [0.15, 0.2) is 0 Å². The molecule has 1 unspecified atom stereocenters. The van der Waals surface area contributed by atoms with Crippen molar-refractivity contribution in [3.8, 4) is 0 Å². The molecule has 1 saturated carbocycles. The number of sulfonamides is 1. The Bertz CT molecular complexity index is 912. The highest BCUT2D eigenvalue weighted by molar-refractivity contribution is 7.90. The fourth-order valence-electron chi connectivity index (χ4n) is 3.15. The van der Waals surface area contributed by atoms with Gasteiger partial charge in [0.25, 0.3) is 0 Å². The number of nitrogens with zero attached hydrogens (tertiary/aromatic N) is 1. The topological polar surface area (TPSA) is 51.1 Å². The highest BCUT2D eigenvalue weighted by atomic mass is 32.2. The van der Waals surface area contributed by atoms with Crippen LogP contribution in [0.4, 0.5) is 13.2 Å². The highest BCUT2D eigenvalue weighted by Gasteiger charge is 2.47. The van der Waals surface area contributed by atoms with Crippen molar-refractivity contribution in [1.29, 1.82) is 0 Å². The van der Waals surface area contributed by atoms with E-state index >= 15 is 0 Å². The summed E-state index contributed by atoms with van der Waals surface area (Å²) in [6, 6.07) is 2.98. The number of fused-ring (bicyclic) bond motifs is 1. The first-order chi connectivity index (χ1) is 12.0. The van der Waals surface area contributed by atoms with Crippen molar-refractivity contribution in [2.75, 3.05) is 0 Å². The van der Waals surface area contributed by atoms with Crippen LogP contribution < -0.4 is 4.72 Å². The standard InChI is InChI=1S/C18H23F3N2O2S/c1-11(2)9-23-10-15(14-7-4-12(3)8-16(14)23)17(18(19,20)21)22-26(24,25)13-5-6-13/h4,7-8,10-11,13,17,22H,5-6,9H2,1-3H3. The largest absolute Gasteiger partial charge is 0.408 e. The predicted molar refractivity (Wildman–Crippen MR) is 95.4 cm³/mol. The fraction of sp³-hybridized carbons (Fsp3) is 0.556. The summed E-state index contributed by atoms with van der Waals surface area (Å²) in [5, 5.41) is -0.282. The van der Waals surface area contributed by atoms with Gasteiger partial charge in [-0.15, -0.1) is 0 Å². The Balaban J connectivity index is 2.13. The molecule has 0 amide bonds. The predicted octanol–water partition coefficient (Wildman–Crippen LogP) is 4.29. The third-order valence-corrected chi connectivity index (χ3v) is 6.43. The first kappa shape index (κ1) is 19.2. The highest BCUT2D eigenvalue weighted by Crippen LogP contribution is 2.40. The molecule has 3 rings (SSSR count). The van der Waals surface area contributed by atoms with Gasteiger partial charge in [0, 0.05) is 29.2 Å². The van der Waals surface area contributed by atoms with E-state index in [1.807, 2.05) is 31.6 Å². The third kappa shape index (κ3) is 3.91. The Hall–Kier alpha value is -1.54. The van der Waals surface area contributed by atoms with Crippen LogP contribution in [0.15, 0.2) is 24.4 Å². The zero-order valence-electron chi connectivity index (χ0n) is 15.0. The number of rotatable bonds is 6. The molecule has 2 aromatic rings. The summed E-state index contributed by atoms with van der Waals surface area (Å²) in [6.07, 6.45) is -2.45. The monoisotopic (exact) mass is 388 g/mol. The smallest absolute Gasteiger partial charge is 0.347 e. The van der Waals surface area contributed by atoms with Gasteiger partial charge >= 0.3 is 6.18 Å². The molecule has 1 atom stereocenters. The first-order valence-corrected chi connectivity index (χ1v) is 10.2. The van der Waals surface area contributed by atoms with E-state index in [9.17, 15) is 21.6 Å². The Morgan fingerprint density at radius 2 is 1.92 bits per heavy atom. The number of hydrogen-bond acceptors (Lipinski definition) is 2. The van der Waals surface area contributed by atoms with Gasteiger partial charge < -0.3 is 4.57 Å². The molecule has 1 aromatic heterocycles. The second kappa shape index (κ2) is 6.56. The molecular formula is C18H23F3N2O2S. The van der Waals surface area contributed by atoms with Crippen molar-refractivity contribution in [2.24, 2.45) is 5.92 Å². The van der Waals surface area contributed by atoms with E-state index in [-0.39, 0.29) is 11.5 Å². The summed E-state index contributed by atoms with van der Waals surface area (Å²) >= 11 is 0. The molecular weight excluding hydrogens is 365 g/mol. The molecule has 26 heavy (non-hydrogen) atoms. The van der Waals surface area contributed by atoms with Gasteiger partial charge in [0.2, 0.25) is 10.0 Å². The number of aryl methyl sites for hydroxylation is 1. The lowest BCUT2D eigenvalue weighted by Gasteiger charge is -2.21. The SMILES string of the molecule is Cc1ccc2c(C(NS(=O)(=O)C3CC3)C(F)(F)F)cn(CC(C)C)c2c1. The minimum absolute atomic E-state index is 0.0441. The van der Waals surface area contributed by atoms with Crippen LogP contribution >= 0.6 is 0 Å². The number of halogens is 3. The van der Waals surface area contributed by atoms with Crippen molar-refractivity contribution in [2.45, 2.75) is 57.6 Å². The molecule has 0 spiro atoms. The van der Waals surface area contributed by atoms with Crippen LogP contribution in [0.25, 0.3) is 10.9 Å². The number of aromatic nitrogens is 1. The quantitative estimate of drug-likeness (QED) is 0.803. The van der Waals surface area contributed by atoms with Crippen LogP contribution in [0, 0.1) is 12.8 Å². The van der Waals surface area contributed by atoms with Crippen molar-refractivity contribution < 1.29 is 21.6 Å². The first-order valence-electron chi connectivity index (χ1n) is 8.66. The Kier molecular flexibility index (Phi) is 4.85. The molecule has 1 fully saturated rings. The van der Waals surface area contributed by atoms with E-state index in [0.717, 1.165) is 5.56 Å². The van der Waals surface area contributed by atoms with Crippen molar-refractivity contribution in [3.05, 3.63) is 35.5 Å². The number of benzene rings is 1. The molecule has 0 aliphatic heterocycles. The minimum Gasteiger partial charge on any atom is -0.347 e. The molecule has 0 bridgehead atoms. The third-order valence-electron chi connectivity index (χ3n) is 4.51. The lowest BCUT2D eigenvalue weighted by Crippen LogP contribution is -2.39. The average Bonchev–Trinajstić information content (AvgIpc) is 3.29. The normalized spacial score (nSPS) is 17.2. The molecule has 0 radical (unpaired) electrons. The van der Waals surface area contributed by atoms with E-state index < -0.39 is 27.5 Å². The molecule has 8 heteroatoms. The van der Waals surface area contributed by atoms with Crippen LogP contribution in [-0.2, 0) is 16.6 Å². The van der Waals surface area contributed by atoms with Crippen molar-refractivity contribution >= 4 is 20.9 Å². The summed E-state index contributed by atoms with van der Waals surface area (Å²) < 4.78 is 69.4. The maximum Gasteiger partial charge on any atom is 0.408 e. The Morgan fingerprint density at radius 3 is 2.46 bits per heavy atom. The Morgan fingerprint density at radius 1 is 1.27 bits per heavy atom. The van der Waals surface area contributed by atoms with E-state index in [0.29, 0.717) is 30.3 Å². The second-order valence-electron chi connectivity index (χ2n) is 7.49. The number of nitrogens with one attached hydrogen (secondary N) is 1. The van der Waals surface area contributed by atoms with Crippen molar-refractivity contribution in [1.82, 2.24) is 9.29 Å². The van der Waals surface area contributed by atoms with Gasteiger partial charge in [-0.1, -0.05) is 26.0 Å². The summed E-state index contributed by atoms with van der Waals surface area (Å²) in [6.45, 7) is 6.40.